The number of aliphatic hydroxyl groups excluding tert-OH is 1. The van der Waals surface area contributed by atoms with Crippen LogP contribution in [0.2, 0.25) is 0 Å². The molecule has 0 fully saturated rings. The summed E-state index contributed by atoms with van der Waals surface area (Å²) in [6.07, 6.45) is -0.926. The van der Waals surface area contributed by atoms with Crippen molar-refractivity contribution in [3.05, 3.63) is 29.8 Å². The molecule has 0 aliphatic rings. The first-order valence-corrected chi connectivity index (χ1v) is 11.4. The van der Waals surface area contributed by atoms with Crippen molar-refractivity contribution in [1.29, 1.82) is 0 Å². The van der Waals surface area contributed by atoms with Crippen molar-refractivity contribution in [2.75, 3.05) is 13.2 Å². The van der Waals surface area contributed by atoms with E-state index < -0.39 is 66.9 Å². The predicted molar refractivity (Wildman–Crippen MR) is 132 cm³/mol. The van der Waals surface area contributed by atoms with Gasteiger partial charge >= 0.3 is 11.9 Å². The molecule has 1 rings (SSSR count). The number of amides is 3. The summed E-state index contributed by atoms with van der Waals surface area (Å²) in [5, 5.41) is 43.7. The molecule has 0 aromatic heterocycles. The van der Waals surface area contributed by atoms with Gasteiger partial charge in [-0.2, -0.15) is 0 Å². The lowest BCUT2D eigenvalue weighted by Crippen LogP contribution is -2.58. The van der Waals surface area contributed by atoms with E-state index in [1.165, 1.54) is 24.3 Å². The third-order valence-electron chi connectivity index (χ3n) is 5.11. The monoisotopic (exact) mass is 539 g/mol. The summed E-state index contributed by atoms with van der Waals surface area (Å²) >= 11 is 0. The van der Waals surface area contributed by atoms with Gasteiger partial charge in [-0.3, -0.25) is 24.2 Å². The number of guanidine groups is 1. The zero-order valence-corrected chi connectivity index (χ0v) is 20.4. The van der Waals surface area contributed by atoms with Crippen molar-refractivity contribution in [3.63, 3.8) is 0 Å². The van der Waals surface area contributed by atoms with Crippen LogP contribution in [0.5, 0.6) is 5.75 Å². The quantitative estimate of drug-likeness (QED) is 0.0552. The van der Waals surface area contributed by atoms with Crippen LogP contribution < -0.4 is 33.2 Å². The number of hydrogen-bond acceptors (Lipinski definition) is 9. The molecule has 210 valence electrons. The Morgan fingerprint density at radius 1 is 0.868 bits per heavy atom. The largest absolute Gasteiger partial charge is 0.508 e. The molecule has 38 heavy (non-hydrogen) atoms. The second-order valence-corrected chi connectivity index (χ2v) is 8.23. The number of phenolic OH excluding ortho intramolecular Hbond substituents is 1. The molecular weight excluding hydrogens is 506 g/mol. The number of aliphatic imine (C=N–C) groups is 1. The lowest BCUT2D eigenvalue weighted by molar-refractivity contribution is -0.147. The summed E-state index contributed by atoms with van der Waals surface area (Å²) in [5.74, 6) is -6.01. The van der Waals surface area contributed by atoms with E-state index in [0.29, 0.717) is 5.56 Å². The lowest BCUT2D eigenvalue weighted by atomic mass is 10.0. The fraction of sp³-hybridized carbons (Fsp3) is 0.455. The molecule has 16 nitrogen and oxygen atoms in total. The summed E-state index contributed by atoms with van der Waals surface area (Å²) in [5.41, 5.74) is 16.6. The number of carboxylic acid groups (broad SMARTS) is 2. The smallest absolute Gasteiger partial charge is 0.326 e. The lowest BCUT2D eigenvalue weighted by Gasteiger charge is -2.25. The average molecular weight is 540 g/mol. The molecule has 4 unspecified atom stereocenters. The first-order chi connectivity index (χ1) is 17.8. The van der Waals surface area contributed by atoms with Crippen molar-refractivity contribution >= 4 is 35.6 Å². The molecule has 0 radical (unpaired) electrons. The highest BCUT2D eigenvalue weighted by Gasteiger charge is 2.31. The van der Waals surface area contributed by atoms with Gasteiger partial charge in [-0.1, -0.05) is 12.1 Å². The number of hydrogen-bond donors (Lipinski definition) is 10. The topological polar surface area (TPSA) is 293 Å². The normalized spacial score (nSPS) is 13.7. The number of nitrogens with zero attached hydrogens (tertiary/aromatic N) is 1. The van der Waals surface area contributed by atoms with Gasteiger partial charge in [0.1, 0.15) is 29.9 Å². The number of carbonyl (C=O) groups excluding carboxylic acids is 3. The molecule has 1 aromatic carbocycles. The molecular formula is C22H33N7O9. The molecule has 1 aromatic rings. The Kier molecular flexibility index (Phi) is 13.0. The zero-order chi connectivity index (χ0) is 28.8. The van der Waals surface area contributed by atoms with Crippen molar-refractivity contribution in [3.8, 4) is 5.75 Å². The Morgan fingerprint density at radius 2 is 1.42 bits per heavy atom. The zero-order valence-electron chi connectivity index (χ0n) is 20.4. The van der Waals surface area contributed by atoms with E-state index in [4.69, 9.17) is 27.4 Å². The Bertz CT molecular complexity index is 1010. The van der Waals surface area contributed by atoms with E-state index in [0.717, 1.165) is 0 Å². The first-order valence-electron chi connectivity index (χ1n) is 11.4. The molecule has 0 aliphatic carbocycles. The van der Waals surface area contributed by atoms with Gasteiger partial charge in [-0.15, -0.1) is 0 Å². The van der Waals surface area contributed by atoms with Crippen molar-refractivity contribution in [2.45, 2.75) is 49.9 Å². The summed E-state index contributed by atoms with van der Waals surface area (Å²) in [6, 6.07) is -0.0548. The highest BCUT2D eigenvalue weighted by atomic mass is 16.4. The second-order valence-electron chi connectivity index (χ2n) is 8.23. The maximum Gasteiger partial charge on any atom is 0.326 e. The molecule has 4 atom stereocenters. The predicted octanol–water partition coefficient (Wildman–Crippen LogP) is -3.68. The number of aromatic hydroxyl groups is 1. The highest BCUT2D eigenvalue weighted by molar-refractivity contribution is 5.94. The van der Waals surface area contributed by atoms with E-state index in [2.05, 4.69) is 20.9 Å². The van der Waals surface area contributed by atoms with E-state index in [-0.39, 0.29) is 37.5 Å². The molecule has 0 aliphatic heterocycles. The van der Waals surface area contributed by atoms with Crippen molar-refractivity contribution in [1.82, 2.24) is 16.0 Å². The molecule has 0 saturated heterocycles. The minimum absolute atomic E-state index is 0.0343. The Balaban J connectivity index is 3.16. The third kappa shape index (κ3) is 11.5. The van der Waals surface area contributed by atoms with E-state index in [1.807, 2.05) is 0 Å². The van der Waals surface area contributed by atoms with Crippen molar-refractivity contribution in [2.24, 2.45) is 22.2 Å². The molecule has 0 spiro atoms. The SMILES string of the molecule is NC(N)=NCCCC(NC(=O)C(Cc1ccc(O)cc1)NC(=O)C(N)CO)C(=O)NC(CC(=O)O)C(=O)O. The van der Waals surface area contributed by atoms with E-state index in [1.54, 1.807) is 0 Å². The number of nitrogens with one attached hydrogen (secondary N) is 3. The van der Waals surface area contributed by atoms with Gasteiger partial charge in [0, 0.05) is 13.0 Å². The maximum atomic E-state index is 13.2. The second kappa shape index (κ2) is 15.6. The number of rotatable bonds is 16. The summed E-state index contributed by atoms with van der Waals surface area (Å²) in [7, 11) is 0. The number of phenols is 1. The van der Waals surface area contributed by atoms with Gasteiger partial charge in [0.05, 0.1) is 13.0 Å². The fourth-order valence-corrected chi connectivity index (χ4v) is 3.13. The van der Waals surface area contributed by atoms with E-state index >= 15 is 0 Å². The Labute approximate surface area is 217 Å². The van der Waals surface area contributed by atoms with Crippen LogP contribution in [0.25, 0.3) is 0 Å². The molecule has 3 amide bonds. The van der Waals surface area contributed by atoms with Gasteiger partial charge in [0.15, 0.2) is 5.96 Å². The minimum atomic E-state index is -1.77. The van der Waals surface area contributed by atoms with E-state index in [9.17, 15) is 34.2 Å². The number of nitrogens with two attached hydrogens (primary N) is 3. The number of aliphatic hydroxyl groups is 1. The van der Waals surface area contributed by atoms with Crippen LogP contribution in [0.4, 0.5) is 0 Å². The van der Waals surface area contributed by atoms with Crippen LogP contribution in [0.15, 0.2) is 29.3 Å². The summed E-state index contributed by atoms with van der Waals surface area (Å²) in [6.45, 7) is -0.631. The minimum Gasteiger partial charge on any atom is -0.508 e. The van der Waals surface area contributed by atoms with Crippen LogP contribution in [-0.2, 0) is 30.4 Å². The fourth-order valence-electron chi connectivity index (χ4n) is 3.13. The number of carbonyl (C=O) groups is 5. The van der Waals surface area contributed by atoms with Gasteiger partial charge in [-0.05, 0) is 30.5 Å². The molecule has 0 heterocycles. The maximum absolute atomic E-state index is 13.2. The molecule has 0 bridgehead atoms. The molecule has 0 saturated carbocycles. The summed E-state index contributed by atoms with van der Waals surface area (Å²) in [4.78, 5) is 64.5. The van der Waals surface area contributed by atoms with Gasteiger partial charge in [0.25, 0.3) is 0 Å². The van der Waals surface area contributed by atoms with Gasteiger partial charge < -0.3 is 53.6 Å². The number of aliphatic carboxylic acids is 2. The Hall–Kier alpha value is -4.44. The third-order valence-corrected chi connectivity index (χ3v) is 5.11. The van der Waals surface area contributed by atoms with Gasteiger partial charge in [0.2, 0.25) is 17.7 Å². The molecule has 13 N–H and O–H groups in total. The van der Waals surface area contributed by atoms with Gasteiger partial charge in [-0.25, -0.2) is 4.79 Å². The molecule has 16 heteroatoms. The number of carboxylic acids is 2. The van der Waals surface area contributed by atoms with Crippen molar-refractivity contribution < 1.29 is 44.4 Å². The first kappa shape index (κ1) is 31.6. The van der Waals surface area contributed by atoms with Crippen LogP contribution >= 0.6 is 0 Å². The van der Waals surface area contributed by atoms with Crippen LogP contribution in [0.1, 0.15) is 24.8 Å². The Morgan fingerprint density at radius 3 is 1.95 bits per heavy atom. The van der Waals surface area contributed by atoms with Crippen LogP contribution in [0.3, 0.4) is 0 Å². The van der Waals surface area contributed by atoms with Crippen LogP contribution in [0, 0.1) is 0 Å². The summed E-state index contributed by atoms with van der Waals surface area (Å²) < 4.78 is 0. The standard InChI is InChI=1S/C22H33N7O9/c23-13(10-30)18(34)28-15(8-11-3-5-12(31)6-4-11)20(36)27-14(2-1-7-26-22(24)25)19(35)29-16(21(37)38)9-17(32)33/h3-6,13-16,30-31H,1-2,7-10,23H2,(H,27,36)(H,28,34)(H,29,35)(H,32,33)(H,37,38)(H4,24,25,26). The highest BCUT2D eigenvalue weighted by Crippen LogP contribution is 2.12. The van der Waals surface area contributed by atoms with Crippen LogP contribution in [-0.4, -0.2) is 93.4 Å². The average Bonchev–Trinajstić information content (AvgIpc) is 2.84. The number of benzene rings is 1.